The molecule has 0 saturated heterocycles. The second kappa shape index (κ2) is 7.60. The first-order valence-electron chi connectivity index (χ1n) is 7.86. The number of esters is 1. The van der Waals surface area contributed by atoms with Crippen molar-refractivity contribution in [3.05, 3.63) is 77.9 Å². The third-order valence-corrected chi connectivity index (χ3v) is 3.58. The Balaban J connectivity index is 1.66. The number of carbonyl (C=O) groups excluding carboxylic acids is 2. The quantitative estimate of drug-likeness (QED) is 0.714. The Morgan fingerprint density at radius 3 is 2.62 bits per heavy atom. The fourth-order valence-electron chi connectivity index (χ4n) is 2.36. The number of ether oxygens (including phenoxy) is 1. The van der Waals surface area contributed by atoms with Crippen LogP contribution < -0.4 is 5.32 Å². The van der Waals surface area contributed by atoms with Crippen LogP contribution in [0.4, 0.5) is 10.1 Å². The highest BCUT2D eigenvalue weighted by atomic mass is 19.1. The first-order chi connectivity index (χ1) is 12.5. The van der Waals surface area contributed by atoms with Crippen molar-refractivity contribution in [3.8, 4) is 5.69 Å². The van der Waals surface area contributed by atoms with Crippen molar-refractivity contribution < 1.29 is 18.7 Å². The number of hydrogen-bond acceptors (Lipinski definition) is 4. The van der Waals surface area contributed by atoms with Gasteiger partial charge in [-0.25, -0.2) is 13.9 Å². The zero-order valence-corrected chi connectivity index (χ0v) is 14.0. The number of benzene rings is 2. The molecule has 7 heteroatoms. The summed E-state index contributed by atoms with van der Waals surface area (Å²) in [5, 5.41) is 6.63. The lowest BCUT2D eigenvalue weighted by Gasteiger charge is -2.09. The predicted octanol–water partition coefficient (Wildman–Crippen LogP) is 3.33. The van der Waals surface area contributed by atoms with Crippen molar-refractivity contribution >= 4 is 17.6 Å². The van der Waals surface area contributed by atoms with Crippen molar-refractivity contribution in [1.82, 2.24) is 9.78 Å². The van der Waals surface area contributed by atoms with Gasteiger partial charge >= 0.3 is 5.97 Å². The maximum atomic E-state index is 13.9. The monoisotopic (exact) mass is 353 g/mol. The van der Waals surface area contributed by atoms with Gasteiger partial charge in [0.1, 0.15) is 12.4 Å². The third kappa shape index (κ3) is 4.13. The van der Waals surface area contributed by atoms with Gasteiger partial charge in [-0.15, -0.1) is 0 Å². The molecule has 0 radical (unpaired) electrons. The van der Waals surface area contributed by atoms with E-state index in [-0.39, 0.29) is 18.1 Å². The minimum absolute atomic E-state index is 0.00201. The predicted molar refractivity (Wildman–Crippen MR) is 93.4 cm³/mol. The molecule has 6 nitrogen and oxygen atoms in total. The van der Waals surface area contributed by atoms with Gasteiger partial charge < -0.3 is 10.1 Å². The zero-order chi connectivity index (χ0) is 18.5. The smallest absolute Gasteiger partial charge is 0.341 e. The zero-order valence-electron chi connectivity index (χ0n) is 14.0. The van der Waals surface area contributed by atoms with Gasteiger partial charge in [0, 0.05) is 25.0 Å². The summed E-state index contributed by atoms with van der Waals surface area (Å²) < 4.78 is 20.7. The van der Waals surface area contributed by atoms with Gasteiger partial charge in [0.05, 0.1) is 11.3 Å². The molecular formula is C19H16FN3O3. The van der Waals surface area contributed by atoms with Crippen LogP contribution >= 0.6 is 0 Å². The van der Waals surface area contributed by atoms with Gasteiger partial charge in [0.15, 0.2) is 0 Å². The molecule has 0 fully saturated rings. The number of rotatable bonds is 5. The average Bonchev–Trinajstić information content (AvgIpc) is 3.16. The van der Waals surface area contributed by atoms with Crippen LogP contribution in [0.15, 0.2) is 60.9 Å². The minimum atomic E-state index is -0.800. The number of nitrogens with zero attached hydrogens (tertiary/aromatic N) is 2. The number of aromatic nitrogens is 2. The van der Waals surface area contributed by atoms with E-state index in [1.807, 2.05) is 24.4 Å². The molecule has 0 saturated carbocycles. The molecular weight excluding hydrogens is 337 g/mol. The molecule has 1 heterocycles. The Labute approximate surface area is 149 Å². The minimum Gasteiger partial charge on any atom is -0.457 e. The number of nitrogens with one attached hydrogen (secondary N) is 1. The molecule has 0 unspecified atom stereocenters. The number of amides is 1. The largest absolute Gasteiger partial charge is 0.457 e. The summed E-state index contributed by atoms with van der Waals surface area (Å²) in [5.41, 5.74) is 1.73. The SMILES string of the molecule is CC(=O)Nc1ccc(F)c(C(=O)OCc2ccc(-n3cccn3)cc2)c1. The lowest BCUT2D eigenvalue weighted by molar-refractivity contribution is -0.114. The van der Waals surface area contributed by atoms with Crippen LogP contribution in [0.5, 0.6) is 0 Å². The Bertz CT molecular complexity index is 922. The normalized spacial score (nSPS) is 10.4. The van der Waals surface area contributed by atoms with Crippen LogP contribution in [0.3, 0.4) is 0 Å². The van der Waals surface area contributed by atoms with Gasteiger partial charge in [-0.05, 0) is 42.0 Å². The van der Waals surface area contributed by atoms with E-state index in [2.05, 4.69) is 10.4 Å². The van der Waals surface area contributed by atoms with Crippen LogP contribution in [0, 0.1) is 5.82 Å². The van der Waals surface area contributed by atoms with Crippen molar-refractivity contribution in [2.45, 2.75) is 13.5 Å². The van der Waals surface area contributed by atoms with Crippen molar-refractivity contribution in [2.24, 2.45) is 0 Å². The molecule has 0 atom stereocenters. The third-order valence-electron chi connectivity index (χ3n) is 3.58. The molecule has 3 rings (SSSR count). The molecule has 3 aromatic rings. The van der Waals surface area contributed by atoms with Gasteiger partial charge in [0.25, 0.3) is 0 Å². The van der Waals surface area contributed by atoms with Gasteiger partial charge in [-0.2, -0.15) is 5.10 Å². The maximum absolute atomic E-state index is 13.9. The summed E-state index contributed by atoms with van der Waals surface area (Å²) in [4.78, 5) is 23.2. The van der Waals surface area contributed by atoms with Crippen LogP contribution in [0.1, 0.15) is 22.8 Å². The van der Waals surface area contributed by atoms with E-state index in [9.17, 15) is 14.0 Å². The van der Waals surface area contributed by atoms with Crippen molar-refractivity contribution in [3.63, 3.8) is 0 Å². The second-order valence-electron chi connectivity index (χ2n) is 5.57. The van der Waals surface area contributed by atoms with E-state index in [4.69, 9.17) is 4.74 Å². The maximum Gasteiger partial charge on any atom is 0.341 e. The Kier molecular flexibility index (Phi) is 5.07. The van der Waals surface area contributed by atoms with Gasteiger partial charge in [0.2, 0.25) is 5.91 Å². The number of halogens is 1. The highest BCUT2D eigenvalue weighted by Gasteiger charge is 2.15. The molecule has 0 aliphatic rings. The Morgan fingerprint density at radius 2 is 1.96 bits per heavy atom. The average molecular weight is 353 g/mol. The van der Waals surface area contributed by atoms with E-state index in [1.165, 1.54) is 19.1 Å². The standard InChI is InChI=1S/C19H16FN3O3/c1-13(24)22-15-5-8-18(20)17(11-15)19(25)26-12-14-3-6-16(7-4-14)23-10-2-9-21-23/h2-11H,12H2,1H3,(H,22,24). The van der Waals surface area contributed by atoms with E-state index < -0.39 is 11.8 Å². The van der Waals surface area contributed by atoms with Crippen LogP contribution in [0.25, 0.3) is 5.69 Å². The number of hydrogen-bond donors (Lipinski definition) is 1. The fraction of sp³-hybridized carbons (Fsp3) is 0.105. The molecule has 0 aliphatic carbocycles. The number of anilines is 1. The molecule has 1 amide bonds. The van der Waals surface area contributed by atoms with Crippen LogP contribution in [-0.2, 0) is 16.1 Å². The molecule has 26 heavy (non-hydrogen) atoms. The molecule has 0 spiro atoms. The first-order valence-corrected chi connectivity index (χ1v) is 7.86. The van der Waals surface area contributed by atoms with Crippen LogP contribution in [0.2, 0.25) is 0 Å². The summed E-state index contributed by atoms with van der Waals surface area (Å²) in [6.07, 6.45) is 3.50. The van der Waals surface area contributed by atoms with Crippen molar-refractivity contribution in [2.75, 3.05) is 5.32 Å². The molecule has 0 bridgehead atoms. The topological polar surface area (TPSA) is 73.2 Å². The van der Waals surface area contributed by atoms with E-state index in [0.29, 0.717) is 5.69 Å². The molecule has 2 aromatic carbocycles. The number of carbonyl (C=O) groups is 2. The summed E-state index contributed by atoms with van der Waals surface area (Å²) in [6, 6.07) is 12.8. The fourth-order valence-corrected chi connectivity index (χ4v) is 2.36. The lowest BCUT2D eigenvalue weighted by atomic mass is 10.2. The summed E-state index contributed by atoms with van der Waals surface area (Å²) >= 11 is 0. The Morgan fingerprint density at radius 1 is 1.19 bits per heavy atom. The summed E-state index contributed by atoms with van der Waals surface area (Å²) in [5.74, 6) is -1.82. The van der Waals surface area contributed by atoms with E-state index >= 15 is 0 Å². The van der Waals surface area contributed by atoms with Gasteiger partial charge in [-0.3, -0.25) is 4.79 Å². The summed E-state index contributed by atoms with van der Waals surface area (Å²) in [7, 11) is 0. The lowest BCUT2D eigenvalue weighted by Crippen LogP contribution is -2.10. The molecule has 132 valence electrons. The van der Waals surface area contributed by atoms with Crippen molar-refractivity contribution in [1.29, 1.82) is 0 Å². The van der Waals surface area contributed by atoms with Gasteiger partial charge in [-0.1, -0.05) is 12.1 Å². The highest BCUT2D eigenvalue weighted by Crippen LogP contribution is 2.17. The van der Waals surface area contributed by atoms with Crippen LogP contribution in [-0.4, -0.2) is 21.7 Å². The highest BCUT2D eigenvalue weighted by molar-refractivity contribution is 5.93. The van der Waals surface area contributed by atoms with E-state index in [1.54, 1.807) is 23.0 Å². The first kappa shape index (κ1) is 17.3. The Hall–Kier alpha value is -3.48. The molecule has 0 aliphatic heterocycles. The molecule has 1 aromatic heterocycles. The van der Waals surface area contributed by atoms with E-state index in [0.717, 1.165) is 17.3 Å². The second-order valence-corrected chi connectivity index (χ2v) is 5.57. The summed E-state index contributed by atoms with van der Waals surface area (Å²) in [6.45, 7) is 1.33. The molecule has 1 N–H and O–H groups in total.